The highest BCUT2D eigenvalue weighted by Gasteiger charge is 2.30. The van der Waals surface area contributed by atoms with Gasteiger partial charge < -0.3 is 4.74 Å². The number of rotatable bonds is 3. The molecular formula is C12H16F2N2O. The van der Waals surface area contributed by atoms with Crippen molar-refractivity contribution in [2.24, 2.45) is 11.8 Å². The van der Waals surface area contributed by atoms with Gasteiger partial charge in [0, 0.05) is 12.0 Å². The summed E-state index contributed by atoms with van der Waals surface area (Å²) < 4.78 is 31.7. The molecule has 1 aromatic rings. The molecule has 2 rings (SSSR count). The Kier molecular flexibility index (Phi) is 3.71. The maximum absolute atomic E-state index is 13.1. The Hall–Kier alpha value is -1.04. The molecule has 1 saturated heterocycles. The summed E-state index contributed by atoms with van der Waals surface area (Å²) in [6, 6.07) is 3.17. The summed E-state index contributed by atoms with van der Waals surface area (Å²) in [5, 5.41) is 0. The highest BCUT2D eigenvalue weighted by atomic mass is 19.1. The third kappa shape index (κ3) is 2.80. The van der Waals surface area contributed by atoms with Crippen molar-refractivity contribution in [1.29, 1.82) is 0 Å². The van der Waals surface area contributed by atoms with Crippen LogP contribution in [0.5, 0.6) is 0 Å². The minimum Gasteiger partial charge on any atom is -0.378 e. The number of halogens is 2. The largest absolute Gasteiger partial charge is 0.378 e. The molecule has 1 aromatic carbocycles. The Morgan fingerprint density at radius 2 is 2.00 bits per heavy atom. The number of nitrogens with two attached hydrogens (primary N) is 1. The minimum absolute atomic E-state index is 0.135. The van der Waals surface area contributed by atoms with Crippen molar-refractivity contribution in [2.45, 2.75) is 25.5 Å². The number of hydrazine groups is 1. The van der Waals surface area contributed by atoms with E-state index in [0.717, 1.165) is 12.5 Å². The van der Waals surface area contributed by atoms with Crippen LogP contribution < -0.4 is 11.3 Å². The lowest BCUT2D eigenvalue weighted by molar-refractivity contribution is 0.117. The molecule has 0 saturated carbocycles. The molecule has 0 radical (unpaired) electrons. The van der Waals surface area contributed by atoms with Crippen molar-refractivity contribution in [1.82, 2.24) is 5.43 Å². The van der Waals surface area contributed by atoms with E-state index < -0.39 is 11.6 Å². The van der Waals surface area contributed by atoms with Crippen LogP contribution in [0.4, 0.5) is 8.78 Å². The van der Waals surface area contributed by atoms with Crippen LogP contribution in [0.15, 0.2) is 18.2 Å². The molecule has 0 amide bonds. The number of hydrogen-bond acceptors (Lipinski definition) is 3. The monoisotopic (exact) mass is 242 g/mol. The lowest BCUT2D eigenvalue weighted by atomic mass is 9.91. The lowest BCUT2D eigenvalue weighted by Gasteiger charge is -2.22. The fourth-order valence-corrected chi connectivity index (χ4v) is 2.34. The average Bonchev–Trinajstić information content (AvgIpc) is 2.64. The van der Waals surface area contributed by atoms with Gasteiger partial charge in [-0.25, -0.2) is 8.78 Å². The normalized spacial score (nSPS) is 26.1. The summed E-state index contributed by atoms with van der Waals surface area (Å²) in [6.07, 6.45) is 0.988. The summed E-state index contributed by atoms with van der Waals surface area (Å²) in [6.45, 7) is 2.52. The molecule has 1 heterocycles. The van der Waals surface area contributed by atoms with E-state index in [9.17, 15) is 8.78 Å². The molecule has 0 bridgehead atoms. The summed E-state index contributed by atoms with van der Waals surface area (Å²) in [4.78, 5) is 0. The van der Waals surface area contributed by atoms with E-state index in [0.29, 0.717) is 12.2 Å². The Morgan fingerprint density at radius 1 is 1.35 bits per heavy atom. The predicted octanol–water partition coefficient (Wildman–Crippen LogP) is 1.89. The van der Waals surface area contributed by atoms with Gasteiger partial charge in [0.1, 0.15) is 11.6 Å². The number of nitrogens with one attached hydrogen (secondary N) is 1. The zero-order chi connectivity index (χ0) is 12.4. The molecule has 0 aromatic heterocycles. The van der Waals surface area contributed by atoms with E-state index >= 15 is 0 Å². The van der Waals surface area contributed by atoms with Gasteiger partial charge in [-0.15, -0.1) is 0 Å². The molecule has 1 aliphatic rings. The molecule has 1 aliphatic heterocycles. The third-order valence-corrected chi connectivity index (χ3v) is 3.12. The molecule has 5 heteroatoms. The van der Waals surface area contributed by atoms with Gasteiger partial charge in [-0.1, -0.05) is 0 Å². The molecule has 0 spiro atoms. The van der Waals surface area contributed by atoms with Gasteiger partial charge in [0.05, 0.1) is 18.8 Å². The third-order valence-electron chi connectivity index (χ3n) is 3.12. The van der Waals surface area contributed by atoms with Crippen LogP contribution in [0.3, 0.4) is 0 Å². The molecule has 3 atom stereocenters. The number of ether oxygens (including phenoxy) is 1. The van der Waals surface area contributed by atoms with Crippen molar-refractivity contribution in [3.05, 3.63) is 35.4 Å². The van der Waals surface area contributed by atoms with Gasteiger partial charge in [0.25, 0.3) is 0 Å². The first kappa shape index (κ1) is 12.4. The molecule has 17 heavy (non-hydrogen) atoms. The topological polar surface area (TPSA) is 47.3 Å². The highest BCUT2D eigenvalue weighted by Crippen LogP contribution is 2.31. The van der Waals surface area contributed by atoms with Crippen molar-refractivity contribution in [3.8, 4) is 0 Å². The number of benzene rings is 1. The van der Waals surface area contributed by atoms with E-state index in [1.807, 2.05) is 6.92 Å². The highest BCUT2D eigenvalue weighted by molar-refractivity contribution is 5.22. The SMILES string of the molecule is CC1CC(C(NN)c2cc(F)cc(F)c2)CO1. The van der Waals surface area contributed by atoms with Crippen molar-refractivity contribution >= 4 is 0 Å². The van der Waals surface area contributed by atoms with E-state index in [2.05, 4.69) is 5.43 Å². The first-order valence-corrected chi connectivity index (χ1v) is 5.64. The van der Waals surface area contributed by atoms with Crippen LogP contribution in [0.1, 0.15) is 24.9 Å². The molecule has 0 aliphatic carbocycles. The first-order valence-electron chi connectivity index (χ1n) is 5.64. The second kappa shape index (κ2) is 5.08. The van der Waals surface area contributed by atoms with Gasteiger partial charge in [-0.2, -0.15) is 0 Å². The second-order valence-electron chi connectivity index (χ2n) is 4.49. The first-order chi connectivity index (χ1) is 8.10. The second-order valence-corrected chi connectivity index (χ2v) is 4.49. The van der Waals surface area contributed by atoms with Gasteiger partial charge in [-0.05, 0) is 31.0 Å². The van der Waals surface area contributed by atoms with Crippen LogP contribution >= 0.6 is 0 Å². The molecule has 3 unspecified atom stereocenters. The van der Waals surface area contributed by atoms with Crippen LogP contribution in [0.25, 0.3) is 0 Å². The molecule has 3 nitrogen and oxygen atoms in total. The quantitative estimate of drug-likeness (QED) is 0.628. The standard InChI is InChI=1S/C12H16F2N2O/c1-7-2-9(6-17-7)12(16-15)8-3-10(13)5-11(14)4-8/h3-5,7,9,12,16H,2,6,15H2,1H3. The maximum atomic E-state index is 13.1. The molecule has 94 valence electrons. The van der Waals surface area contributed by atoms with Crippen molar-refractivity contribution in [2.75, 3.05) is 6.61 Å². The minimum atomic E-state index is -0.591. The zero-order valence-electron chi connectivity index (χ0n) is 9.62. The van der Waals surface area contributed by atoms with E-state index in [1.54, 1.807) is 0 Å². The Labute approximate surface area is 98.9 Å². The fraction of sp³-hybridized carbons (Fsp3) is 0.500. The van der Waals surface area contributed by atoms with Crippen LogP contribution in [-0.2, 0) is 4.74 Å². The van der Waals surface area contributed by atoms with E-state index in [-0.39, 0.29) is 18.1 Å². The summed E-state index contributed by atoms with van der Waals surface area (Å²) in [5.41, 5.74) is 3.14. The lowest BCUT2D eigenvalue weighted by Crippen LogP contribution is -2.34. The maximum Gasteiger partial charge on any atom is 0.126 e. The van der Waals surface area contributed by atoms with Crippen LogP contribution in [-0.4, -0.2) is 12.7 Å². The summed E-state index contributed by atoms with van der Waals surface area (Å²) in [7, 11) is 0. The van der Waals surface area contributed by atoms with Gasteiger partial charge >= 0.3 is 0 Å². The zero-order valence-corrected chi connectivity index (χ0v) is 9.62. The molecule has 3 N–H and O–H groups in total. The van der Waals surface area contributed by atoms with E-state index in [4.69, 9.17) is 10.6 Å². The van der Waals surface area contributed by atoms with Gasteiger partial charge in [-0.3, -0.25) is 11.3 Å². The summed E-state index contributed by atoms with van der Waals surface area (Å²) >= 11 is 0. The average molecular weight is 242 g/mol. The Morgan fingerprint density at radius 3 is 2.47 bits per heavy atom. The number of hydrogen-bond donors (Lipinski definition) is 2. The van der Waals surface area contributed by atoms with Gasteiger partial charge in [0.15, 0.2) is 0 Å². The fourth-order valence-electron chi connectivity index (χ4n) is 2.34. The molecular weight excluding hydrogens is 226 g/mol. The van der Waals surface area contributed by atoms with Crippen molar-refractivity contribution < 1.29 is 13.5 Å². The predicted molar refractivity (Wildman–Crippen MR) is 59.9 cm³/mol. The smallest absolute Gasteiger partial charge is 0.126 e. The van der Waals surface area contributed by atoms with Crippen molar-refractivity contribution in [3.63, 3.8) is 0 Å². The molecule has 1 fully saturated rings. The van der Waals surface area contributed by atoms with Gasteiger partial charge in [0.2, 0.25) is 0 Å². The van der Waals surface area contributed by atoms with Crippen LogP contribution in [0.2, 0.25) is 0 Å². The Bertz CT molecular complexity index is 380. The Balaban J connectivity index is 2.22. The van der Waals surface area contributed by atoms with Crippen LogP contribution in [0, 0.1) is 17.6 Å². The summed E-state index contributed by atoms with van der Waals surface area (Å²) in [5.74, 6) is 4.43. The van der Waals surface area contributed by atoms with E-state index in [1.165, 1.54) is 12.1 Å².